The Morgan fingerprint density at radius 2 is 0.736 bits per heavy atom. The van der Waals surface area contributed by atoms with Crippen molar-refractivity contribution in [2.24, 2.45) is 0 Å². The number of halogens is 7. The van der Waals surface area contributed by atoms with Crippen LogP contribution in [-0.4, -0.2) is 32.7 Å². The third-order valence-corrected chi connectivity index (χ3v) is 37.5. The molecular weight excluding hydrogens is 2400 g/mol. The van der Waals surface area contributed by atoms with Crippen LogP contribution in [0.4, 0.5) is 11.4 Å². The molecule has 0 radical (unpaired) electrons. The van der Waals surface area contributed by atoms with E-state index in [1.54, 1.807) is 35.6 Å². The molecule has 1 fully saturated rings. The highest BCUT2D eigenvalue weighted by atomic mass is 127. The summed E-state index contributed by atoms with van der Waals surface area (Å²) >= 11 is 31.9. The van der Waals surface area contributed by atoms with E-state index in [1.807, 2.05) is 115 Å². The molecule has 1 atom stereocenters. The Bertz CT molecular complexity index is 9000. The van der Waals surface area contributed by atoms with Crippen molar-refractivity contribution in [1.82, 2.24) is 4.57 Å². The van der Waals surface area contributed by atoms with Gasteiger partial charge in [0.15, 0.2) is 0 Å². The van der Waals surface area contributed by atoms with Crippen LogP contribution in [0.15, 0.2) is 451 Å². The molecule has 1 aliphatic heterocycles. The second kappa shape index (κ2) is 44.2. The van der Waals surface area contributed by atoms with Gasteiger partial charge in [-0.2, -0.15) is 0 Å². The summed E-state index contributed by atoms with van der Waals surface area (Å²) in [6.07, 6.45) is 1.06. The molecule has 1 aliphatic carbocycles. The van der Waals surface area contributed by atoms with E-state index < -0.39 is 24.0 Å². The first kappa shape index (κ1) is 100. The average Bonchev–Trinajstić information content (AvgIpc) is 1.55. The summed E-state index contributed by atoms with van der Waals surface area (Å²) in [5.41, 5.74) is 11.3. The number of aromatic nitrogens is 1. The molecule has 0 saturated carbocycles. The zero-order valence-electron chi connectivity index (χ0n) is 77.3. The average molecular weight is 2480 g/mol. The lowest BCUT2D eigenvalue weighted by atomic mass is 9.79. The molecule has 19 aromatic carbocycles. The van der Waals surface area contributed by atoms with Crippen molar-refractivity contribution in [1.29, 1.82) is 0 Å². The van der Waals surface area contributed by atoms with Gasteiger partial charge in [0.2, 0.25) is 5.60 Å². The summed E-state index contributed by atoms with van der Waals surface area (Å²) in [5.74, 6) is 0. The van der Waals surface area contributed by atoms with Crippen LogP contribution in [0.2, 0.25) is 0 Å². The molecular formula is C121H83BBr6IN3O6PS5+. The molecule has 0 bridgehead atoms. The maximum Gasteiger partial charge on any atom is 0.498 e. The Kier molecular flexibility index (Phi) is 30.7. The topological polar surface area (TPSA) is 110 Å². The molecule has 9 nitrogen and oxygen atoms in total. The number of fused-ring (bicyclic) bond motifs is 23. The van der Waals surface area contributed by atoms with E-state index in [4.69, 9.17) is 9.31 Å². The van der Waals surface area contributed by atoms with Gasteiger partial charge in [-0.3, -0.25) is 20.2 Å². The van der Waals surface area contributed by atoms with E-state index in [0.29, 0.717) is 10.0 Å². The van der Waals surface area contributed by atoms with Gasteiger partial charge in [0.1, 0.15) is 5.60 Å². The fourth-order valence-corrected chi connectivity index (χ4v) is 29.5. The van der Waals surface area contributed by atoms with Crippen LogP contribution in [0.25, 0.3) is 151 Å². The van der Waals surface area contributed by atoms with Crippen LogP contribution in [-0.2, 0) is 15.7 Å². The molecule has 704 valence electrons. The quantitative estimate of drug-likeness (QED) is 0.0374. The number of nitro groups is 2. The number of para-hydroxylation sites is 1. The van der Waals surface area contributed by atoms with Crippen LogP contribution < -0.4 is 21.4 Å². The molecule has 27 rings (SSSR count). The van der Waals surface area contributed by atoms with Crippen molar-refractivity contribution in [2.45, 2.75) is 38.4 Å². The second-order valence-electron chi connectivity index (χ2n) is 34.9. The van der Waals surface area contributed by atoms with Crippen LogP contribution >= 0.6 is 183 Å². The van der Waals surface area contributed by atoms with Crippen LogP contribution in [0, 0.1) is 30.7 Å². The minimum Gasteiger partial charge on any atom is -0.395 e. The van der Waals surface area contributed by atoms with Crippen molar-refractivity contribution in [3.8, 4) is 27.9 Å². The van der Waals surface area contributed by atoms with Gasteiger partial charge in [0.25, 0.3) is 11.4 Å². The van der Waals surface area contributed by atoms with Gasteiger partial charge in [-0.1, -0.05) is 359 Å². The maximum atomic E-state index is 11.3. The zero-order chi connectivity index (χ0) is 99.4. The first-order chi connectivity index (χ1) is 69.9. The van der Waals surface area contributed by atoms with Crippen molar-refractivity contribution in [3.63, 3.8) is 0 Å². The lowest BCUT2D eigenvalue weighted by molar-refractivity contribution is -0.385. The number of nitrogens with zero attached hydrogens (tertiary/aromatic N) is 3. The maximum absolute atomic E-state index is 11.3. The van der Waals surface area contributed by atoms with E-state index in [2.05, 4.69) is 469 Å². The van der Waals surface area contributed by atoms with E-state index in [0.717, 1.165) is 44.5 Å². The van der Waals surface area contributed by atoms with Gasteiger partial charge in [-0.05, 0) is 243 Å². The summed E-state index contributed by atoms with van der Waals surface area (Å²) in [5, 5.41) is 41.6. The molecule has 0 spiro atoms. The highest BCUT2D eigenvalue weighted by molar-refractivity contribution is 14.1. The molecule has 7 heterocycles. The van der Waals surface area contributed by atoms with E-state index in [9.17, 15) is 20.2 Å². The molecule has 25 aromatic rings. The third-order valence-electron chi connectivity index (χ3n) is 25.4. The summed E-state index contributed by atoms with van der Waals surface area (Å²) in [4.78, 5) is 20.8. The van der Waals surface area contributed by atoms with E-state index >= 15 is 0 Å². The lowest BCUT2D eigenvalue weighted by Gasteiger charge is -2.25. The predicted octanol–water partition coefficient (Wildman–Crippen LogP) is 38.5. The highest BCUT2D eigenvalue weighted by Crippen LogP contribution is 2.49. The second-order valence-corrected chi connectivity index (χ2v) is 49.2. The highest BCUT2D eigenvalue weighted by Gasteiger charge is 2.57. The summed E-state index contributed by atoms with van der Waals surface area (Å²) in [6.45, 7) is 10.2. The summed E-state index contributed by atoms with van der Waals surface area (Å²) < 4.78 is 34.6. The number of hydrogen-bond donors (Lipinski definition) is 0. The van der Waals surface area contributed by atoms with Crippen molar-refractivity contribution in [3.05, 3.63) is 493 Å². The molecule has 144 heavy (non-hydrogen) atoms. The largest absolute Gasteiger partial charge is 0.498 e. The van der Waals surface area contributed by atoms with Gasteiger partial charge in [-0.25, -0.2) is 0 Å². The van der Waals surface area contributed by atoms with Gasteiger partial charge in [-0.15, -0.1) is 56.7 Å². The Labute approximate surface area is 918 Å². The van der Waals surface area contributed by atoms with Gasteiger partial charge in [0, 0.05) is 164 Å². The minimum atomic E-state index is -0.549. The molecule has 1 unspecified atom stereocenters. The number of rotatable bonds is 8. The van der Waals surface area contributed by atoms with Crippen LogP contribution in [0.1, 0.15) is 31.9 Å². The van der Waals surface area contributed by atoms with Crippen LogP contribution in [0.3, 0.4) is 0 Å². The first-order valence-corrected chi connectivity index (χ1v) is 57.3. The number of benzene rings is 19. The monoisotopic (exact) mass is 2480 g/mol. The number of nitro benzene ring substituents is 2. The number of thiophene rings is 5. The first-order valence-electron chi connectivity index (χ1n) is 46.0. The third kappa shape index (κ3) is 21.5. The molecule has 1 saturated heterocycles. The Morgan fingerprint density at radius 1 is 0.347 bits per heavy atom. The molecule has 23 heteroatoms. The predicted molar refractivity (Wildman–Crippen MR) is 650 cm³/mol. The van der Waals surface area contributed by atoms with Crippen molar-refractivity contribution in [2.75, 3.05) is 0 Å². The molecule has 0 N–H and O–H groups in total. The molecule has 2 aliphatic rings. The fraction of sp³-hybridized carbons (Fsp3) is 0.0496. The van der Waals surface area contributed by atoms with Gasteiger partial charge in [0.05, 0.1) is 42.5 Å². The van der Waals surface area contributed by atoms with E-state index in [1.165, 1.54) is 178 Å². The normalized spacial score (nSPS) is 13.3. The van der Waals surface area contributed by atoms with Gasteiger partial charge < -0.3 is 13.9 Å². The van der Waals surface area contributed by atoms with Gasteiger partial charge >= 0.3 is 7.12 Å². The Balaban J connectivity index is 0.000000103. The summed E-state index contributed by atoms with van der Waals surface area (Å²) in [6, 6.07) is 147. The number of hydrogen-bond acceptors (Lipinski definition) is 11. The Morgan fingerprint density at radius 3 is 1.25 bits per heavy atom. The van der Waals surface area contributed by atoms with Crippen molar-refractivity contribution < 1.29 is 19.2 Å². The fourth-order valence-electron chi connectivity index (χ4n) is 18.0. The summed E-state index contributed by atoms with van der Waals surface area (Å²) in [7, 11) is -0.801. The van der Waals surface area contributed by atoms with Crippen LogP contribution in [0.5, 0.6) is 0 Å². The standard InChI is InChI=1S/C24H14BrNS.C19H11BrS.C18H18BO2S.C18H10BrNO2S.C18H15P.C12H7BrS.C6H3Br2NO2.C6H5I/c25-15-10-13-21-20(14-15)18-11-12-19-17-8-4-5-9-22(17)27-24(19)23(18)26(21)16-6-2-1-3-7-16;20-12-6-5-11-9-17-13(16(11)10-12)7-8-15-14-3-1-2-4-18(14)21-19(15)17;1-17(2)18(3,4)21-19(20-17)12-9-10-14-13-7-5-6-8-15(13)22-16(14)11-12;19-12-6-8-16(20(21)22)15(10-12)11-5-7-14-13-3-1-2-4-17(13)23-18(14)9-11;1-4-10-16(11-5-1)19(17-12-6-2-7-13-17)18-14-8-3-9-15-18;13-8-5-6-10-9-3-1-2-4-11(9)14-12(10)7-8;7-4-1-2-6(9(10)11)5(8)3-4;7-6-4-2-1-3-5-6/h1-14H;1-8,10H,9H2;5-11H,1H2,2-4H3;1-10H;1-15H;1-7H;1-3H;1-5H/q;;+1;;;;;. The van der Waals surface area contributed by atoms with E-state index in [-0.39, 0.29) is 23.4 Å². The zero-order valence-corrected chi connectivity index (χ0v) is 94.0. The molecule has 6 aromatic heterocycles. The lowest BCUT2D eigenvalue weighted by Crippen LogP contribution is -2.42. The molecule has 0 amide bonds. The smallest absolute Gasteiger partial charge is 0.395 e. The minimum absolute atomic E-state index is 0.0770. The van der Waals surface area contributed by atoms with Crippen molar-refractivity contribution >= 4 is 345 Å². The Hall–Kier alpha value is -11.2. The SMILES string of the molecule is Brc1ccc2c(c1)-c1ccc3c(sc4ccccc43)c1C2.Brc1ccc2c(c1)c1ccc3c4ccccc4sc3c1n2-c1ccccc1.Brc1ccc2c(c1)sc1ccccc12.Ic1ccccc1.O=[N+]([O-])c1ccc(Br)cc1-c1ccc2c(c1)sc1ccccc12.O=[N+]([O-])c1ccc(Br)cc1Br.[CH2+]C1(C)OB(c2ccc3c(c2)sc2ccccc23)OC1(C)C.c1ccc(P(c2ccccc2)c2ccccc2)cc1.